The summed E-state index contributed by atoms with van der Waals surface area (Å²) in [7, 11) is -4.41. The van der Waals surface area contributed by atoms with Crippen molar-refractivity contribution in [1.82, 2.24) is 4.31 Å². The van der Waals surface area contributed by atoms with Gasteiger partial charge in [-0.3, -0.25) is 0 Å². The molecule has 1 aromatic carbocycles. The molecule has 1 saturated heterocycles. The topological polar surface area (TPSA) is 40.6 Å². The van der Waals surface area contributed by atoms with E-state index in [2.05, 4.69) is 48.1 Å². The van der Waals surface area contributed by atoms with E-state index in [1.54, 1.807) is 0 Å². The monoisotopic (exact) mass is 336 g/mol. The predicted molar refractivity (Wildman–Crippen MR) is 95.3 cm³/mol. The van der Waals surface area contributed by atoms with E-state index in [1.165, 1.54) is 10.6 Å². The molecule has 0 saturated carbocycles. The molecule has 1 aromatic rings. The van der Waals surface area contributed by atoms with Crippen molar-refractivity contribution in [2.75, 3.05) is 37.3 Å². The Balaban J connectivity index is 2.02. The summed E-state index contributed by atoms with van der Waals surface area (Å²) < 4.78 is 24.6. The van der Waals surface area contributed by atoms with Gasteiger partial charge < -0.3 is 4.90 Å². The molecule has 0 radical (unpaired) electrons. The van der Waals surface area contributed by atoms with E-state index in [0.29, 0.717) is 13.1 Å². The van der Waals surface area contributed by atoms with E-state index in [-0.39, 0.29) is 0 Å². The Kier molecular flexibility index (Phi) is 5.00. The molecule has 0 aromatic heterocycles. The largest absolute Gasteiger partial charge is 0.369 e. The van der Waals surface area contributed by atoms with Gasteiger partial charge in [-0.2, -0.15) is 4.31 Å². The van der Waals surface area contributed by atoms with Gasteiger partial charge in [0.1, 0.15) is 8.07 Å². The zero-order valence-corrected chi connectivity index (χ0v) is 15.6. The predicted octanol–water partition coefficient (Wildman–Crippen LogP) is 2.00. The molecule has 0 atom stereocenters. The highest BCUT2D eigenvalue weighted by atomic mass is 32.2. The molecule has 4 nitrogen and oxygen atoms in total. The lowest BCUT2D eigenvalue weighted by atomic mass is 10.2. The number of anilines is 1. The van der Waals surface area contributed by atoms with E-state index in [4.69, 9.17) is 0 Å². The van der Waals surface area contributed by atoms with Crippen LogP contribution in [-0.4, -0.2) is 53.2 Å². The normalized spacial score (nSPS) is 17.0. The van der Waals surface area contributed by atoms with Gasteiger partial charge in [0.25, 0.3) is 0 Å². The summed E-state index contributed by atoms with van der Waals surface area (Å²) in [5, 5.41) is 0. The number of sulfonamides is 1. The molecule has 0 aliphatic carbocycles. The minimum atomic E-state index is -3.07. The second-order valence-electron chi connectivity index (χ2n) is 6.70. The van der Waals surface area contributed by atoms with Gasteiger partial charge in [0.2, 0.25) is 10.0 Å². The summed E-state index contributed by atoms with van der Waals surface area (Å²) >= 11 is 0. The fourth-order valence-corrected chi connectivity index (χ4v) is 3.64. The maximum absolute atomic E-state index is 11.5. The van der Waals surface area contributed by atoms with Crippen LogP contribution in [0, 0.1) is 11.5 Å². The van der Waals surface area contributed by atoms with E-state index in [9.17, 15) is 8.42 Å². The van der Waals surface area contributed by atoms with Gasteiger partial charge in [-0.15, -0.1) is 5.54 Å². The maximum atomic E-state index is 11.5. The standard InChI is InChI=1S/C16H24N2O2SSi/c1-21(19,20)18-12-10-17(11-13-18)16-7-5-15(6-8-16)9-14-22(2,3)4/h5-8H,10-13H2,1-4H3. The summed E-state index contributed by atoms with van der Waals surface area (Å²) in [4.78, 5) is 2.22. The molecule has 6 heteroatoms. The summed E-state index contributed by atoms with van der Waals surface area (Å²) in [6.45, 7) is 9.26. The third kappa shape index (κ3) is 4.87. The second kappa shape index (κ2) is 6.45. The van der Waals surface area contributed by atoms with Crippen molar-refractivity contribution in [2.24, 2.45) is 0 Å². The van der Waals surface area contributed by atoms with Crippen LogP contribution in [0.2, 0.25) is 19.6 Å². The number of nitrogens with zero attached hydrogens (tertiary/aromatic N) is 2. The van der Waals surface area contributed by atoms with Crippen molar-refractivity contribution in [1.29, 1.82) is 0 Å². The number of piperazine rings is 1. The lowest BCUT2D eigenvalue weighted by molar-refractivity contribution is 0.388. The molecule has 0 spiro atoms. The van der Waals surface area contributed by atoms with Gasteiger partial charge in [-0.25, -0.2) is 8.42 Å². The van der Waals surface area contributed by atoms with Gasteiger partial charge in [-0.1, -0.05) is 25.6 Å². The SMILES string of the molecule is C[Si](C)(C)C#Cc1ccc(N2CCN(S(C)(=O)=O)CC2)cc1. The summed E-state index contributed by atoms with van der Waals surface area (Å²) in [5.74, 6) is 3.25. The molecule has 120 valence electrons. The van der Waals surface area contributed by atoms with Gasteiger partial charge in [-0.05, 0) is 24.3 Å². The Labute approximate surface area is 135 Å². The maximum Gasteiger partial charge on any atom is 0.211 e. The lowest BCUT2D eigenvalue weighted by Gasteiger charge is -2.34. The van der Waals surface area contributed by atoms with Crippen LogP contribution >= 0.6 is 0 Å². The van der Waals surface area contributed by atoms with Gasteiger partial charge in [0, 0.05) is 37.4 Å². The Bertz CT molecular complexity index is 674. The Hall–Kier alpha value is -1.29. The average molecular weight is 337 g/mol. The molecule has 0 bridgehead atoms. The molecule has 0 N–H and O–H groups in total. The van der Waals surface area contributed by atoms with Crippen molar-refractivity contribution >= 4 is 23.8 Å². The first kappa shape index (κ1) is 17.1. The van der Waals surface area contributed by atoms with Crippen LogP contribution in [0.5, 0.6) is 0 Å². The fraction of sp³-hybridized carbons (Fsp3) is 0.500. The highest BCUT2D eigenvalue weighted by Crippen LogP contribution is 2.18. The summed E-state index contributed by atoms with van der Waals surface area (Å²) in [5.41, 5.74) is 5.54. The van der Waals surface area contributed by atoms with Gasteiger partial charge in [0.15, 0.2) is 0 Å². The smallest absolute Gasteiger partial charge is 0.211 e. The number of benzene rings is 1. The first-order chi connectivity index (χ1) is 10.1. The van der Waals surface area contributed by atoms with Gasteiger partial charge >= 0.3 is 0 Å². The zero-order chi connectivity index (χ0) is 16.4. The van der Waals surface area contributed by atoms with Gasteiger partial charge in [0.05, 0.1) is 6.26 Å². The van der Waals surface area contributed by atoms with Crippen molar-refractivity contribution in [3.8, 4) is 11.5 Å². The molecular formula is C16H24N2O2SSi. The molecule has 2 rings (SSSR count). The molecule has 22 heavy (non-hydrogen) atoms. The van der Waals surface area contributed by atoms with Crippen LogP contribution in [0.25, 0.3) is 0 Å². The van der Waals surface area contributed by atoms with Crippen molar-refractivity contribution in [2.45, 2.75) is 19.6 Å². The van der Waals surface area contributed by atoms with Crippen LogP contribution in [0.4, 0.5) is 5.69 Å². The molecular weight excluding hydrogens is 312 g/mol. The zero-order valence-electron chi connectivity index (χ0n) is 13.8. The minimum absolute atomic E-state index is 0.552. The molecule has 1 aliphatic heterocycles. The summed E-state index contributed by atoms with van der Waals surface area (Å²) in [6, 6.07) is 8.24. The average Bonchev–Trinajstić information content (AvgIpc) is 2.44. The highest BCUT2D eigenvalue weighted by molar-refractivity contribution is 7.88. The van der Waals surface area contributed by atoms with Crippen LogP contribution in [-0.2, 0) is 10.0 Å². The van der Waals surface area contributed by atoms with E-state index >= 15 is 0 Å². The Morgan fingerprint density at radius 1 is 1.00 bits per heavy atom. The highest BCUT2D eigenvalue weighted by Gasteiger charge is 2.23. The van der Waals surface area contributed by atoms with Crippen molar-refractivity contribution in [3.05, 3.63) is 29.8 Å². The van der Waals surface area contributed by atoms with E-state index in [1.807, 2.05) is 12.1 Å². The molecule has 1 heterocycles. The van der Waals surface area contributed by atoms with Crippen LogP contribution in [0.3, 0.4) is 0 Å². The lowest BCUT2D eigenvalue weighted by Crippen LogP contribution is -2.48. The first-order valence-corrected chi connectivity index (χ1v) is 12.8. The van der Waals surface area contributed by atoms with Crippen LogP contribution < -0.4 is 4.90 Å². The molecule has 0 amide bonds. The third-order valence-electron chi connectivity index (χ3n) is 3.52. The van der Waals surface area contributed by atoms with Crippen molar-refractivity contribution < 1.29 is 8.42 Å². The second-order valence-corrected chi connectivity index (χ2v) is 13.4. The number of hydrogen-bond donors (Lipinski definition) is 0. The summed E-state index contributed by atoms with van der Waals surface area (Å²) in [6.07, 6.45) is 1.27. The molecule has 1 fully saturated rings. The number of hydrogen-bond acceptors (Lipinski definition) is 3. The fourth-order valence-electron chi connectivity index (χ4n) is 2.29. The van der Waals surface area contributed by atoms with Crippen molar-refractivity contribution in [3.63, 3.8) is 0 Å². The van der Waals surface area contributed by atoms with E-state index in [0.717, 1.165) is 24.3 Å². The first-order valence-electron chi connectivity index (χ1n) is 7.48. The molecule has 1 aliphatic rings. The number of rotatable bonds is 2. The third-order valence-corrected chi connectivity index (χ3v) is 5.70. The van der Waals surface area contributed by atoms with Crippen LogP contribution in [0.1, 0.15) is 5.56 Å². The Morgan fingerprint density at radius 3 is 2.00 bits per heavy atom. The molecule has 0 unspecified atom stereocenters. The minimum Gasteiger partial charge on any atom is -0.369 e. The quantitative estimate of drug-likeness (QED) is 0.613. The van der Waals surface area contributed by atoms with E-state index < -0.39 is 18.1 Å². The Morgan fingerprint density at radius 2 is 1.55 bits per heavy atom. The van der Waals surface area contributed by atoms with Crippen LogP contribution in [0.15, 0.2) is 24.3 Å².